The molecule has 2 N–H and O–H groups in total. The minimum atomic E-state index is -0.608. The van der Waals surface area contributed by atoms with Gasteiger partial charge in [0.1, 0.15) is 12.4 Å². The molecule has 0 radical (unpaired) electrons. The molecule has 2 aromatic rings. The summed E-state index contributed by atoms with van der Waals surface area (Å²) in [6, 6.07) is 3.67. The molecule has 1 aliphatic rings. The van der Waals surface area contributed by atoms with Gasteiger partial charge in [0.15, 0.2) is 5.82 Å². The maximum absolute atomic E-state index is 10.3. The molecule has 0 spiro atoms. The van der Waals surface area contributed by atoms with Crippen molar-refractivity contribution in [2.75, 3.05) is 13.2 Å². The Hall–Kier alpha value is -1.70. The Morgan fingerprint density at radius 2 is 2.12 bits per heavy atom. The molecule has 7 nitrogen and oxygen atoms in total. The topological polar surface area (TPSA) is 93.6 Å². The van der Waals surface area contributed by atoms with Crippen molar-refractivity contribution in [2.45, 2.75) is 63.7 Å². The molecular weight excluding hydrogens is 322 g/mol. The van der Waals surface area contributed by atoms with E-state index in [1.807, 2.05) is 12.1 Å². The fourth-order valence-corrected chi connectivity index (χ4v) is 3.37. The van der Waals surface area contributed by atoms with E-state index in [0.29, 0.717) is 24.9 Å². The molecule has 3 rings (SSSR count). The van der Waals surface area contributed by atoms with E-state index < -0.39 is 6.10 Å². The molecule has 0 aliphatic heterocycles. The van der Waals surface area contributed by atoms with E-state index >= 15 is 0 Å². The first-order chi connectivity index (χ1) is 12.2. The highest BCUT2D eigenvalue weighted by atomic mass is 16.5. The zero-order chi connectivity index (χ0) is 17.5. The van der Waals surface area contributed by atoms with Crippen molar-refractivity contribution in [2.24, 2.45) is 0 Å². The van der Waals surface area contributed by atoms with Gasteiger partial charge < -0.3 is 24.1 Å². The van der Waals surface area contributed by atoms with E-state index in [2.05, 4.69) is 15.5 Å². The summed E-state index contributed by atoms with van der Waals surface area (Å²) in [4.78, 5) is 4.46. The van der Waals surface area contributed by atoms with Crippen LogP contribution in [0.15, 0.2) is 27.3 Å². The van der Waals surface area contributed by atoms with Crippen LogP contribution < -0.4 is 5.32 Å². The Balaban J connectivity index is 1.54. The molecule has 1 atom stereocenters. The number of rotatable bonds is 8. The second-order valence-corrected chi connectivity index (χ2v) is 6.76. The summed E-state index contributed by atoms with van der Waals surface area (Å²) in [7, 11) is 0. The molecule has 2 aromatic heterocycles. The average Bonchev–Trinajstić information content (AvgIpc) is 3.21. The van der Waals surface area contributed by atoms with Gasteiger partial charge in [-0.3, -0.25) is 0 Å². The lowest BCUT2D eigenvalue weighted by Crippen LogP contribution is -2.47. The van der Waals surface area contributed by atoms with Gasteiger partial charge in [0.05, 0.1) is 24.5 Å². The lowest BCUT2D eigenvalue weighted by molar-refractivity contribution is 0.0176. The van der Waals surface area contributed by atoms with Gasteiger partial charge in [0, 0.05) is 13.5 Å². The van der Waals surface area contributed by atoms with E-state index in [0.717, 1.165) is 31.4 Å². The fourth-order valence-electron chi connectivity index (χ4n) is 3.37. The average molecular weight is 349 g/mol. The van der Waals surface area contributed by atoms with Crippen LogP contribution in [0.5, 0.6) is 0 Å². The summed E-state index contributed by atoms with van der Waals surface area (Å²) in [6.07, 6.45) is 7.57. The van der Waals surface area contributed by atoms with Crippen LogP contribution in [0.25, 0.3) is 0 Å². The molecule has 2 heterocycles. The van der Waals surface area contributed by atoms with Crippen LogP contribution in [-0.4, -0.2) is 34.5 Å². The van der Waals surface area contributed by atoms with Crippen LogP contribution in [0.1, 0.15) is 56.0 Å². The number of nitrogens with one attached hydrogen (secondary N) is 1. The third-order valence-electron chi connectivity index (χ3n) is 4.72. The lowest BCUT2D eigenvalue weighted by atomic mass is 9.89. The molecular formula is C18H27N3O4. The lowest BCUT2D eigenvalue weighted by Gasteiger charge is -2.32. The van der Waals surface area contributed by atoms with Crippen LogP contribution in [0.4, 0.5) is 0 Å². The molecule has 138 valence electrons. The Morgan fingerprint density at radius 3 is 2.76 bits per heavy atom. The largest absolute Gasteiger partial charge is 0.467 e. The van der Waals surface area contributed by atoms with Crippen LogP contribution in [0.2, 0.25) is 0 Å². The van der Waals surface area contributed by atoms with Crippen LogP contribution >= 0.6 is 0 Å². The van der Waals surface area contributed by atoms with Crippen molar-refractivity contribution < 1.29 is 18.8 Å². The maximum atomic E-state index is 10.3. The summed E-state index contributed by atoms with van der Waals surface area (Å²) in [5, 5.41) is 17.9. The molecule has 0 bridgehead atoms. The fraction of sp³-hybridized carbons (Fsp3) is 0.667. The normalized spacial score (nSPS) is 18.8. The van der Waals surface area contributed by atoms with Gasteiger partial charge in [0.25, 0.3) is 0 Å². The summed E-state index contributed by atoms with van der Waals surface area (Å²) in [5.74, 6) is 2.03. The number of aliphatic hydroxyl groups is 1. The van der Waals surface area contributed by atoms with Gasteiger partial charge in [-0.15, -0.1) is 0 Å². The van der Waals surface area contributed by atoms with Crippen molar-refractivity contribution in [3.63, 3.8) is 0 Å². The number of hydrogen-bond acceptors (Lipinski definition) is 7. The van der Waals surface area contributed by atoms with Crippen molar-refractivity contribution >= 4 is 0 Å². The van der Waals surface area contributed by atoms with Crippen molar-refractivity contribution in [3.8, 4) is 0 Å². The first-order valence-corrected chi connectivity index (χ1v) is 9.02. The quantitative estimate of drug-likeness (QED) is 0.708. The highest BCUT2D eigenvalue weighted by Gasteiger charge is 2.37. The highest BCUT2D eigenvalue weighted by molar-refractivity contribution is 5.06. The maximum Gasteiger partial charge on any atom is 0.223 e. The van der Waals surface area contributed by atoms with Crippen molar-refractivity contribution in [3.05, 3.63) is 35.9 Å². The molecule has 7 heteroatoms. The second kappa shape index (κ2) is 8.60. The molecule has 0 saturated heterocycles. The van der Waals surface area contributed by atoms with Gasteiger partial charge in [-0.25, -0.2) is 0 Å². The molecule has 0 aromatic carbocycles. The number of aromatic nitrogens is 2. The van der Waals surface area contributed by atoms with Crippen molar-refractivity contribution in [1.29, 1.82) is 0 Å². The predicted molar refractivity (Wildman–Crippen MR) is 90.8 cm³/mol. The minimum Gasteiger partial charge on any atom is -0.467 e. The Bertz CT molecular complexity index is 618. The third kappa shape index (κ3) is 4.90. The summed E-state index contributed by atoms with van der Waals surface area (Å²) in [5.41, 5.74) is -0.323. The number of aliphatic hydroxyl groups excluding tert-OH is 1. The SMILES string of the molecule is Cc1nc(C2(NCC(O)COCc3ccco3)CCCCCC2)no1. The predicted octanol–water partition coefficient (Wildman–Crippen LogP) is 2.69. The first kappa shape index (κ1) is 18.1. The molecule has 1 fully saturated rings. The smallest absolute Gasteiger partial charge is 0.223 e. The molecule has 0 amide bonds. The first-order valence-electron chi connectivity index (χ1n) is 9.02. The summed E-state index contributed by atoms with van der Waals surface area (Å²) in [6.45, 7) is 2.83. The van der Waals surface area contributed by atoms with Crippen LogP contribution in [-0.2, 0) is 16.9 Å². The number of nitrogens with zero attached hydrogens (tertiary/aromatic N) is 2. The Kier molecular flexibility index (Phi) is 6.23. The van der Waals surface area contributed by atoms with E-state index in [1.54, 1.807) is 13.2 Å². The van der Waals surface area contributed by atoms with E-state index in [9.17, 15) is 5.11 Å². The molecule has 1 unspecified atom stereocenters. The Labute approximate surface area is 147 Å². The third-order valence-corrected chi connectivity index (χ3v) is 4.72. The summed E-state index contributed by atoms with van der Waals surface area (Å²) < 4.78 is 15.9. The van der Waals surface area contributed by atoms with E-state index in [1.165, 1.54) is 12.8 Å². The van der Waals surface area contributed by atoms with Gasteiger partial charge in [-0.1, -0.05) is 30.8 Å². The van der Waals surface area contributed by atoms with Crippen LogP contribution in [0.3, 0.4) is 0 Å². The second-order valence-electron chi connectivity index (χ2n) is 6.76. The van der Waals surface area contributed by atoms with E-state index in [4.69, 9.17) is 13.7 Å². The van der Waals surface area contributed by atoms with Gasteiger partial charge >= 0.3 is 0 Å². The standard InChI is InChI=1S/C18H27N3O4/c1-14-20-17(21-25-14)18(8-4-2-3-5-9-18)19-11-15(22)12-23-13-16-7-6-10-24-16/h6-7,10,15,19,22H,2-5,8-9,11-13H2,1H3. The molecule has 1 saturated carbocycles. The van der Waals surface area contributed by atoms with E-state index in [-0.39, 0.29) is 12.1 Å². The molecule has 1 aliphatic carbocycles. The number of furan rings is 1. The Morgan fingerprint density at radius 1 is 1.32 bits per heavy atom. The highest BCUT2D eigenvalue weighted by Crippen LogP contribution is 2.34. The monoisotopic (exact) mass is 349 g/mol. The zero-order valence-corrected chi connectivity index (χ0v) is 14.7. The summed E-state index contributed by atoms with van der Waals surface area (Å²) >= 11 is 0. The zero-order valence-electron chi connectivity index (χ0n) is 14.7. The number of ether oxygens (including phenoxy) is 1. The number of hydrogen-bond donors (Lipinski definition) is 2. The minimum absolute atomic E-state index is 0.245. The van der Waals surface area contributed by atoms with Gasteiger partial charge in [-0.05, 0) is 25.0 Å². The van der Waals surface area contributed by atoms with Crippen LogP contribution in [0, 0.1) is 6.92 Å². The van der Waals surface area contributed by atoms with Gasteiger partial charge in [-0.2, -0.15) is 4.98 Å². The van der Waals surface area contributed by atoms with Gasteiger partial charge in [0.2, 0.25) is 5.89 Å². The molecule has 25 heavy (non-hydrogen) atoms. The van der Waals surface area contributed by atoms with Crippen molar-refractivity contribution in [1.82, 2.24) is 15.5 Å². The number of aryl methyl sites for hydroxylation is 1.